The van der Waals surface area contributed by atoms with Crippen LogP contribution in [0.5, 0.6) is 0 Å². The van der Waals surface area contributed by atoms with Crippen LogP contribution in [0.25, 0.3) is 0 Å². The topological polar surface area (TPSA) is 46.6 Å². The lowest BCUT2D eigenvalue weighted by Crippen LogP contribution is -2.36. The second-order valence-corrected chi connectivity index (χ2v) is 5.30. The first kappa shape index (κ1) is 12.2. The van der Waals surface area contributed by atoms with E-state index < -0.39 is 0 Å². The van der Waals surface area contributed by atoms with Gasteiger partial charge in [0.25, 0.3) is 0 Å². The number of carbonyl (C=O) groups excluding carboxylic acids is 2. The van der Waals surface area contributed by atoms with Crippen LogP contribution in [0.4, 0.5) is 4.79 Å². The van der Waals surface area contributed by atoms with Crippen molar-refractivity contribution in [3.05, 3.63) is 35.9 Å². The standard InChI is InChI=1S/C15H17NO3/c17-13-8-12-6-7-16(14(12)9-13)15(18)19-10-11-4-2-1-3-5-11/h1-5,12,14H,6-10H2/t12-,14+/m0/s1. The summed E-state index contributed by atoms with van der Waals surface area (Å²) in [7, 11) is 0. The molecule has 1 aromatic carbocycles. The first-order chi connectivity index (χ1) is 9.24. The Bertz CT molecular complexity index is 485. The van der Waals surface area contributed by atoms with Crippen molar-refractivity contribution in [3.63, 3.8) is 0 Å². The number of ketones is 1. The van der Waals surface area contributed by atoms with E-state index in [0.717, 1.165) is 18.5 Å². The monoisotopic (exact) mass is 259 g/mol. The van der Waals surface area contributed by atoms with Gasteiger partial charge in [0, 0.05) is 25.4 Å². The highest BCUT2D eigenvalue weighted by molar-refractivity contribution is 5.83. The predicted molar refractivity (Wildman–Crippen MR) is 69.5 cm³/mol. The third-order valence-electron chi connectivity index (χ3n) is 4.05. The molecule has 1 aromatic rings. The number of likely N-dealkylation sites (tertiary alicyclic amines) is 1. The molecule has 1 heterocycles. The molecule has 4 nitrogen and oxygen atoms in total. The van der Waals surface area contributed by atoms with Gasteiger partial charge in [0.1, 0.15) is 12.4 Å². The molecule has 3 rings (SSSR count). The molecule has 1 aliphatic heterocycles. The number of rotatable bonds is 2. The SMILES string of the molecule is O=C1C[C@@H]2CCN(C(=O)OCc3ccccc3)[C@@H]2C1. The van der Waals surface area contributed by atoms with E-state index in [-0.39, 0.29) is 17.9 Å². The molecular formula is C15H17NO3. The number of amides is 1. The molecule has 19 heavy (non-hydrogen) atoms. The van der Waals surface area contributed by atoms with Gasteiger partial charge < -0.3 is 9.64 Å². The Morgan fingerprint density at radius 3 is 2.84 bits per heavy atom. The van der Waals surface area contributed by atoms with Gasteiger partial charge in [0.05, 0.1) is 0 Å². The molecule has 2 aliphatic rings. The summed E-state index contributed by atoms with van der Waals surface area (Å²) in [6.45, 7) is 1.01. The fraction of sp³-hybridized carbons (Fsp3) is 0.467. The molecule has 0 spiro atoms. The van der Waals surface area contributed by atoms with Gasteiger partial charge in [-0.1, -0.05) is 30.3 Å². The quantitative estimate of drug-likeness (QED) is 0.819. The van der Waals surface area contributed by atoms with Crippen molar-refractivity contribution >= 4 is 11.9 Å². The maximum Gasteiger partial charge on any atom is 0.410 e. The predicted octanol–water partition coefficient (Wildman–Crippen LogP) is 2.38. The van der Waals surface area contributed by atoms with Crippen molar-refractivity contribution in [1.82, 2.24) is 4.90 Å². The van der Waals surface area contributed by atoms with Gasteiger partial charge >= 0.3 is 6.09 Å². The average Bonchev–Trinajstić information content (AvgIpc) is 2.96. The van der Waals surface area contributed by atoms with Crippen molar-refractivity contribution in [3.8, 4) is 0 Å². The van der Waals surface area contributed by atoms with Crippen LogP contribution in [0, 0.1) is 5.92 Å². The van der Waals surface area contributed by atoms with Crippen LogP contribution in [-0.4, -0.2) is 29.4 Å². The van der Waals surface area contributed by atoms with Gasteiger partial charge in [-0.15, -0.1) is 0 Å². The van der Waals surface area contributed by atoms with Crippen LogP contribution in [0.15, 0.2) is 30.3 Å². The molecule has 1 amide bonds. The van der Waals surface area contributed by atoms with Gasteiger partial charge in [0.2, 0.25) is 0 Å². The van der Waals surface area contributed by atoms with E-state index in [1.54, 1.807) is 4.90 Å². The highest BCUT2D eigenvalue weighted by Gasteiger charge is 2.44. The molecule has 0 aromatic heterocycles. The summed E-state index contributed by atoms with van der Waals surface area (Å²) in [5, 5.41) is 0. The van der Waals surface area contributed by atoms with Crippen LogP contribution in [0.1, 0.15) is 24.8 Å². The fourth-order valence-electron chi connectivity index (χ4n) is 3.07. The van der Waals surface area contributed by atoms with Crippen molar-refractivity contribution in [1.29, 1.82) is 0 Å². The number of fused-ring (bicyclic) bond motifs is 1. The summed E-state index contributed by atoms with van der Waals surface area (Å²) < 4.78 is 5.33. The summed E-state index contributed by atoms with van der Waals surface area (Å²) in [6, 6.07) is 9.71. The molecule has 100 valence electrons. The first-order valence-electron chi connectivity index (χ1n) is 6.73. The Morgan fingerprint density at radius 1 is 1.26 bits per heavy atom. The molecule has 1 saturated carbocycles. The van der Waals surface area contributed by atoms with E-state index in [0.29, 0.717) is 25.4 Å². The normalized spacial score (nSPS) is 25.5. The maximum atomic E-state index is 12.1. The smallest absolute Gasteiger partial charge is 0.410 e. The molecule has 0 bridgehead atoms. The molecule has 0 unspecified atom stereocenters. The van der Waals surface area contributed by atoms with Gasteiger partial charge in [-0.2, -0.15) is 0 Å². The highest BCUT2D eigenvalue weighted by atomic mass is 16.6. The zero-order valence-corrected chi connectivity index (χ0v) is 10.7. The zero-order chi connectivity index (χ0) is 13.2. The molecule has 0 radical (unpaired) electrons. The average molecular weight is 259 g/mol. The first-order valence-corrected chi connectivity index (χ1v) is 6.73. The lowest BCUT2D eigenvalue weighted by molar-refractivity contribution is -0.117. The highest BCUT2D eigenvalue weighted by Crippen LogP contribution is 2.36. The summed E-state index contributed by atoms with van der Waals surface area (Å²) in [5.41, 5.74) is 0.981. The largest absolute Gasteiger partial charge is 0.445 e. The van der Waals surface area contributed by atoms with Crippen LogP contribution in [0.2, 0.25) is 0 Å². The molecule has 0 N–H and O–H groups in total. The summed E-state index contributed by atoms with van der Waals surface area (Å²) in [4.78, 5) is 25.2. The Labute approximate surface area is 112 Å². The van der Waals surface area contributed by atoms with Crippen LogP contribution in [-0.2, 0) is 16.1 Å². The minimum absolute atomic E-state index is 0.0794. The van der Waals surface area contributed by atoms with Crippen LogP contribution >= 0.6 is 0 Å². The Morgan fingerprint density at radius 2 is 2.05 bits per heavy atom. The molecule has 2 atom stereocenters. The van der Waals surface area contributed by atoms with E-state index in [4.69, 9.17) is 4.74 Å². The minimum Gasteiger partial charge on any atom is -0.445 e. The van der Waals surface area contributed by atoms with Crippen molar-refractivity contribution in [2.24, 2.45) is 5.92 Å². The maximum absolute atomic E-state index is 12.1. The van der Waals surface area contributed by atoms with E-state index in [1.807, 2.05) is 30.3 Å². The summed E-state index contributed by atoms with van der Waals surface area (Å²) in [6.07, 6.45) is 1.78. The lowest BCUT2D eigenvalue weighted by Gasteiger charge is -2.22. The van der Waals surface area contributed by atoms with Crippen molar-refractivity contribution < 1.29 is 14.3 Å². The Balaban J connectivity index is 1.58. The number of Topliss-reactive ketones (excluding diaryl/α,β-unsaturated/α-hetero) is 1. The second-order valence-electron chi connectivity index (χ2n) is 5.30. The Hall–Kier alpha value is -1.84. The summed E-state index contributed by atoms with van der Waals surface area (Å²) >= 11 is 0. The number of benzene rings is 1. The number of hydrogen-bond donors (Lipinski definition) is 0. The molecular weight excluding hydrogens is 242 g/mol. The fourth-order valence-corrected chi connectivity index (χ4v) is 3.07. The van der Waals surface area contributed by atoms with Crippen molar-refractivity contribution in [2.75, 3.05) is 6.54 Å². The zero-order valence-electron chi connectivity index (χ0n) is 10.7. The van der Waals surface area contributed by atoms with E-state index in [1.165, 1.54) is 0 Å². The second kappa shape index (κ2) is 5.03. The summed E-state index contributed by atoms with van der Waals surface area (Å²) in [5.74, 6) is 0.632. The lowest BCUT2D eigenvalue weighted by atomic mass is 10.1. The minimum atomic E-state index is -0.286. The number of nitrogens with zero attached hydrogens (tertiary/aromatic N) is 1. The van der Waals surface area contributed by atoms with Gasteiger partial charge in [-0.25, -0.2) is 4.79 Å². The molecule has 1 saturated heterocycles. The van der Waals surface area contributed by atoms with E-state index >= 15 is 0 Å². The molecule has 1 aliphatic carbocycles. The molecule has 4 heteroatoms. The number of hydrogen-bond acceptors (Lipinski definition) is 3. The third kappa shape index (κ3) is 2.48. The Kier molecular flexibility index (Phi) is 3.23. The van der Waals surface area contributed by atoms with E-state index in [9.17, 15) is 9.59 Å². The van der Waals surface area contributed by atoms with E-state index in [2.05, 4.69) is 0 Å². The third-order valence-corrected chi connectivity index (χ3v) is 4.05. The van der Waals surface area contributed by atoms with Gasteiger partial charge in [-0.3, -0.25) is 4.79 Å². The number of ether oxygens (including phenoxy) is 1. The van der Waals surface area contributed by atoms with Gasteiger partial charge in [0.15, 0.2) is 0 Å². The van der Waals surface area contributed by atoms with Crippen molar-refractivity contribution in [2.45, 2.75) is 31.9 Å². The number of carbonyl (C=O) groups is 2. The molecule has 2 fully saturated rings. The van der Waals surface area contributed by atoms with Gasteiger partial charge in [-0.05, 0) is 17.9 Å². The van der Waals surface area contributed by atoms with Crippen LogP contribution < -0.4 is 0 Å². The van der Waals surface area contributed by atoms with Crippen LogP contribution in [0.3, 0.4) is 0 Å².